The van der Waals surface area contributed by atoms with E-state index in [2.05, 4.69) is 37.3 Å². The summed E-state index contributed by atoms with van der Waals surface area (Å²) >= 11 is 5.30. The van der Waals surface area contributed by atoms with Crippen molar-refractivity contribution in [2.45, 2.75) is 39.0 Å². The van der Waals surface area contributed by atoms with E-state index < -0.39 is 0 Å². The van der Waals surface area contributed by atoms with Gasteiger partial charge in [0.2, 0.25) is 0 Å². The van der Waals surface area contributed by atoms with E-state index in [0.717, 1.165) is 18.8 Å². The second-order valence-electron chi connectivity index (χ2n) is 6.37. The summed E-state index contributed by atoms with van der Waals surface area (Å²) < 4.78 is 0. The number of thiocarbonyl (C=S) groups is 1. The fourth-order valence-electron chi connectivity index (χ4n) is 3.14. The Bertz CT molecular complexity index is 527. The normalized spacial score (nSPS) is 26.8. The van der Waals surface area contributed by atoms with Crippen LogP contribution in [0, 0.1) is 11.3 Å². The van der Waals surface area contributed by atoms with Gasteiger partial charge in [0.05, 0.1) is 4.99 Å². The van der Waals surface area contributed by atoms with Crippen molar-refractivity contribution in [3.63, 3.8) is 0 Å². The fourth-order valence-corrected chi connectivity index (χ4v) is 3.29. The molecule has 0 amide bonds. The first-order valence-corrected chi connectivity index (χ1v) is 7.55. The van der Waals surface area contributed by atoms with E-state index in [1.165, 1.54) is 30.4 Å². The molecular formula is C17H21NS. The van der Waals surface area contributed by atoms with Crippen LogP contribution in [-0.4, -0.2) is 4.99 Å². The predicted molar refractivity (Wildman–Crippen MR) is 84.8 cm³/mol. The summed E-state index contributed by atoms with van der Waals surface area (Å²) in [4.78, 5) is 0.673. The van der Waals surface area contributed by atoms with Gasteiger partial charge in [-0.3, -0.25) is 0 Å². The van der Waals surface area contributed by atoms with Gasteiger partial charge in [0, 0.05) is 5.41 Å². The monoisotopic (exact) mass is 271 g/mol. The molecule has 1 aromatic carbocycles. The fraction of sp³-hybridized carbons (Fsp3) is 0.471. The molecule has 0 aliphatic heterocycles. The van der Waals surface area contributed by atoms with Crippen molar-refractivity contribution in [3.8, 4) is 0 Å². The average Bonchev–Trinajstić information content (AvgIpc) is 3.13. The molecule has 1 unspecified atom stereocenters. The molecule has 1 atom stereocenters. The van der Waals surface area contributed by atoms with Crippen LogP contribution in [0.1, 0.15) is 44.6 Å². The van der Waals surface area contributed by atoms with Crippen LogP contribution >= 0.6 is 12.2 Å². The smallest absolute Gasteiger partial charge is 0.0793 e. The SMILES string of the molecule is CC1(C(N)=S)CC(CC2CC2)=C(c2ccccc2)C1. The number of hydrogen-bond acceptors (Lipinski definition) is 1. The van der Waals surface area contributed by atoms with E-state index in [9.17, 15) is 0 Å². The minimum absolute atomic E-state index is 0.00920. The first kappa shape index (κ1) is 12.9. The van der Waals surface area contributed by atoms with Gasteiger partial charge in [-0.2, -0.15) is 0 Å². The summed E-state index contributed by atoms with van der Waals surface area (Å²) in [5, 5.41) is 0. The Morgan fingerprint density at radius 2 is 1.95 bits per heavy atom. The standard InChI is InChI=1S/C17H21NS/c1-17(16(18)19)10-14(9-12-7-8-12)15(11-17)13-5-3-2-4-6-13/h2-6,12H,7-11H2,1H3,(H2,18,19). The lowest BCUT2D eigenvalue weighted by atomic mass is 9.85. The maximum absolute atomic E-state index is 5.99. The average molecular weight is 271 g/mol. The van der Waals surface area contributed by atoms with Crippen molar-refractivity contribution in [1.29, 1.82) is 0 Å². The Morgan fingerprint density at radius 1 is 1.26 bits per heavy atom. The number of hydrogen-bond donors (Lipinski definition) is 1. The molecule has 1 aromatic rings. The Morgan fingerprint density at radius 3 is 2.53 bits per heavy atom. The number of benzene rings is 1. The minimum Gasteiger partial charge on any atom is -0.393 e. The van der Waals surface area contributed by atoms with Crippen LogP contribution in [0.25, 0.3) is 5.57 Å². The van der Waals surface area contributed by atoms with Crippen molar-refractivity contribution in [2.24, 2.45) is 17.1 Å². The molecular weight excluding hydrogens is 250 g/mol. The molecule has 1 fully saturated rings. The van der Waals surface area contributed by atoms with E-state index in [-0.39, 0.29) is 5.41 Å². The van der Waals surface area contributed by atoms with Crippen LogP contribution in [0.3, 0.4) is 0 Å². The summed E-state index contributed by atoms with van der Waals surface area (Å²) in [5.74, 6) is 0.919. The lowest BCUT2D eigenvalue weighted by Crippen LogP contribution is -2.30. The maximum Gasteiger partial charge on any atom is 0.0793 e. The van der Waals surface area contributed by atoms with Gasteiger partial charge >= 0.3 is 0 Å². The topological polar surface area (TPSA) is 26.0 Å². The van der Waals surface area contributed by atoms with Gasteiger partial charge in [-0.25, -0.2) is 0 Å². The van der Waals surface area contributed by atoms with E-state index in [1.807, 2.05) is 0 Å². The Kier molecular flexibility index (Phi) is 3.22. The minimum atomic E-state index is -0.00920. The van der Waals surface area contributed by atoms with Crippen LogP contribution in [-0.2, 0) is 0 Å². The lowest BCUT2D eigenvalue weighted by Gasteiger charge is -2.23. The highest BCUT2D eigenvalue weighted by molar-refractivity contribution is 7.80. The molecule has 1 saturated carbocycles. The zero-order chi connectivity index (χ0) is 13.5. The Labute approximate surface area is 120 Å². The van der Waals surface area contributed by atoms with Crippen molar-refractivity contribution in [1.82, 2.24) is 0 Å². The second-order valence-corrected chi connectivity index (χ2v) is 6.81. The van der Waals surface area contributed by atoms with Crippen LogP contribution in [0.15, 0.2) is 35.9 Å². The lowest BCUT2D eigenvalue weighted by molar-refractivity contribution is 0.500. The van der Waals surface area contributed by atoms with E-state index in [0.29, 0.717) is 4.99 Å². The number of rotatable bonds is 4. The van der Waals surface area contributed by atoms with Gasteiger partial charge in [0.1, 0.15) is 0 Å². The molecule has 1 nitrogen and oxygen atoms in total. The van der Waals surface area contributed by atoms with Gasteiger partial charge < -0.3 is 5.73 Å². The molecule has 2 N–H and O–H groups in total. The molecule has 2 aliphatic carbocycles. The van der Waals surface area contributed by atoms with E-state index >= 15 is 0 Å². The zero-order valence-electron chi connectivity index (χ0n) is 11.5. The van der Waals surface area contributed by atoms with Crippen LogP contribution < -0.4 is 5.73 Å². The van der Waals surface area contributed by atoms with Crippen molar-refractivity contribution in [3.05, 3.63) is 41.5 Å². The third kappa shape index (κ3) is 2.59. The largest absolute Gasteiger partial charge is 0.393 e. The summed E-state index contributed by atoms with van der Waals surface area (Å²) in [6.45, 7) is 2.22. The number of nitrogens with two attached hydrogens (primary N) is 1. The van der Waals surface area contributed by atoms with Gasteiger partial charge in [-0.15, -0.1) is 0 Å². The van der Waals surface area contributed by atoms with E-state index in [4.69, 9.17) is 18.0 Å². The highest BCUT2D eigenvalue weighted by Gasteiger charge is 2.39. The van der Waals surface area contributed by atoms with Gasteiger partial charge in [-0.1, -0.05) is 55.0 Å². The predicted octanol–water partition coefficient (Wildman–Crippen LogP) is 4.33. The van der Waals surface area contributed by atoms with Crippen LogP contribution in [0.2, 0.25) is 0 Å². The molecule has 0 spiro atoms. The molecule has 3 rings (SSSR count). The Balaban J connectivity index is 1.93. The molecule has 19 heavy (non-hydrogen) atoms. The third-order valence-electron chi connectivity index (χ3n) is 4.55. The zero-order valence-corrected chi connectivity index (χ0v) is 12.3. The molecule has 0 heterocycles. The molecule has 0 saturated heterocycles. The van der Waals surface area contributed by atoms with Gasteiger partial charge in [0.15, 0.2) is 0 Å². The summed E-state index contributed by atoms with van der Waals surface area (Å²) in [5.41, 5.74) is 10.4. The van der Waals surface area contributed by atoms with Crippen molar-refractivity contribution in [2.75, 3.05) is 0 Å². The van der Waals surface area contributed by atoms with E-state index in [1.54, 1.807) is 5.57 Å². The van der Waals surface area contributed by atoms with Crippen molar-refractivity contribution < 1.29 is 0 Å². The molecule has 100 valence electrons. The first-order chi connectivity index (χ1) is 9.08. The van der Waals surface area contributed by atoms with Crippen LogP contribution in [0.4, 0.5) is 0 Å². The third-order valence-corrected chi connectivity index (χ3v) is 5.04. The summed E-state index contributed by atoms with van der Waals surface area (Å²) in [6, 6.07) is 10.7. The second kappa shape index (κ2) is 4.75. The first-order valence-electron chi connectivity index (χ1n) is 7.15. The highest BCUT2D eigenvalue weighted by Crippen LogP contribution is 2.50. The molecule has 2 heteroatoms. The van der Waals surface area contributed by atoms with Gasteiger partial charge in [0.25, 0.3) is 0 Å². The molecule has 0 radical (unpaired) electrons. The van der Waals surface area contributed by atoms with Gasteiger partial charge in [-0.05, 0) is 49.2 Å². The summed E-state index contributed by atoms with van der Waals surface area (Å²) in [6.07, 6.45) is 6.12. The quantitative estimate of drug-likeness (QED) is 0.825. The molecule has 0 bridgehead atoms. The molecule has 2 aliphatic rings. The van der Waals surface area contributed by atoms with Crippen molar-refractivity contribution >= 4 is 22.8 Å². The number of allylic oxidation sites excluding steroid dienone is 2. The maximum atomic E-state index is 5.99. The highest BCUT2D eigenvalue weighted by atomic mass is 32.1. The van der Waals surface area contributed by atoms with Crippen LogP contribution in [0.5, 0.6) is 0 Å². The summed E-state index contributed by atoms with van der Waals surface area (Å²) in [7, 11) is 0. The molecule has 0 aromatic heterocycles. The Hall–Kier alpha value is -1.15.